The Morgan fingerprint density at radius 2 is 2.11 bits per heavy atom. The molecule has 4 N–H and O–H groups in total. The van der Waals surface area contributed by atoms with Crippen molar-refractivity contribution >= 4 is 10.1 Å². The van der Waals surface area contributed by atoms with E-state index in [1.165, 1.54) is 0 Å². The van der Waals surface area contributed by atoms with Crippen LogP contribution in [0.5, 0.6) is 0 Å². The topological polar surface area (TPSA) is 105 Å². The molecule has 0 saturated heterocycles. The molecule has 0 aromatic carbocycles. The van der Waals surface area contributed by atoms with E-state index >= 15 is 0 Å². The van der Waals surface area contributed by atoms with E-state index in [-0.39, 0.29) is 18.2 Å². The molecule has 0 spiro atoms. The van der Waals surface area contributed by atoms with E-state index in [9.17, 15) is 8.42 Å². The lowest BCUT2D eigenvalue weighted by atomic mass is 10.2. The smallest absolute Gasteiger partial charge is 0.265 e. The van der Waals surface area contributed by atoms with Crippen LogP contribution in [0, 0.1) is 0 Å². The third-order valence-electron chi connectivity index (χ3n) is 2.25. The summed E-state index contributed by atoms with van der Waals surface area (Å²) in [7, 11) is -3.94. The number of pyridine rings is 1. The number of aryl methyl sites for hydroxylation is 1. The first kappa shape index (κ1) is 15.0. The lowest BCUT2D eigenvalue weighted by Gasteiger charge is -2.08. The van der Waals surface area contributed by atoms with Crippen LogP contribution < -0.4 is 11.1 Å². The van der Waals surface area contributed by atoms with Gasteiger partial charge in [-0.15, -0.1) is 0 Å². The van der Waals surface area contributed by atoms with Gasteiger partial charge in [-0.1, -0.05) is 6.07 Å². The number of aromatic nitrogens is 1. The fourth-order valence-electron chi connectivity index (χ4n) is 1.43. The Kier molecular flexibility index (Phi) is 5.67. The molecule has 0 radical (unpaired) electrons. The highest BCUT2D eigenvalue weighted by Crippen LogP contribution is 2.02. The van der Waals surface area contributed by atoms with Crippen molar-refractivity contribution in [2.45, 2.75) is 25.9 Å². The van der Waals surface area contributed by atoms with Gasteiger partial charge in [-0.05, 0) is 19.1 Å². The summed E-state index contributed by atoms with van der Waals surface area (Å²) in [6, 6.07) is 5.48. The lowest BCUT2D eigenvalue weighted by Crippen LogP contribution is -2.30. The molecule has 0 saturated carbocycles. The molecule has 0 aliphatic rings. The van der Waals surface area contributed by atoms with Crippen molar-refractivity contribution in [2.24, 2.45) is 5.73 Å². The third kappa shape index (κ3) is 6.65. The average Bonchev–Trinajstić information content (AvgIpc) is 2.26. The number of rotatable bonds is 7. The molecule has 1 atom stereocenters. The number of hydrogen-bond donors (Lipinski definition) is 3. The Morgan fingerprint density at radius 3 is 2.72 bits per heavy atom. The summed E-state index contributed by atoms with van der Waals surface area (Å²) in [4.78, 5) is 4.29. The second-order valence-electron chi connectivity index (χ2n) is 4.26. The van der Waals surface area contributed by atoms with Crippen molar-refractivity contribution in [2.75, 3.05) is 12.3 Å². The second-order valence-corrected chi connectivity index (χ2v) is 5.84. The molecule has 0 fully saturated rings. The highest BCUT2D eigenvalue weighted by Gasteiger charge is 2.06. The van der Waals surface area contributed by atoms with E-state index in [1.54, 1.807) is 6.07 Å². The van der Waals surface area contributed by atoms with Crippen molar-refractivity contribution < 1.29 is 13.0 Å². The summed E-state index contributed by atoms with van der Waals surface area (Å²) >= 11 is 0. The van der Waals surface area contributed by atoms with Gasteiger partial charge in [0.05, 0.1) is 11.4 Å². The van der Waals surface area contributed by atoms with Crippen molar-refractivity contribution in [3.63, 3.8) is 0 Å². The van der Waals surface area contributed by atoms with Gasteiger partial charge in [0.25, 0.3) is 10.1 Å². The van der Waals surface area contributed by atoms with Crippen LogP contribution in [0.15, 0.2) is 18.2 Å². The van der Waals surface area contributed by atoms with Gasteiger partial charge in [-0.3, -0.25) is 9.54 Å². The van der Waals surface area contributed by atoms with Crippen molar-refractivity contribution in [1.29, 1.82) is 0 Å². The van der Waals surface area contributed by atoms with E-state index in [0.29, 0.717) is 18.8 Å². The fraction of sp³-hybridized carbons (Fsp3) is 0.545. The Bertz CT molecular complexity index is 474. The predicted octanol–water partition coefficient (Wildman–Crippen LogP) is -0.0513. The van der Waals surface area contributed by atoms with E-state index in [0.717, 1.165) is 5.69 Å². The van der Waals surface area contributed by atoms with Gasteiger partial charge in [0.2, 0.25) is 0 Å². The van der Waals surface area contributed by atoms with Crippen LogP contribution in [0.2, 0.25) is 0 Å². The monoisotopic (exact) mass is 273 g/mol. The number of nitrogens with two attached hydrogens (primary N) is 1. The Hall–Kier alpha value is -1.02. The number of hydrogen-bond acceptors (Lipinski definition) is 5. The molecular formula is C11H19N3O3S. The first-order chi connectivity index (χ1) is 8.37. The first-order valence-corrected chi connectivity index (χ1v) is 7.34. The summed E-state index contributed by atoms with van der Waals surface area (Å²) in [6.45, 7) is 3.18. The van der Waals surface area contributed by atoms with Gasteiger partial charge < -0.3 is 11.1 Å². The number of nitrogens with one attached hydrogen (secondary N) is 1. The van der Waals surface area contributed by atoms with Gasteiger partial charge in [-0.2, -0.15) is 8.42 Å². The number of nitrogens with zero attached hydrogens (tertiary/aromatic N) is 1. The molecule has 7 heteroatoms. The van der Waals surface area contributed by atoms with Crippen LogP contribution >= 0.6 is 0 Å². The van der Waals surface area contributed by atoms with Gasteiger partial charge in [0.15, 0.2) is 0 Å². The molecular weight excluding hydrogens is 254 g/mol. The Morgan fingerprint density at radius 1 is 1.44 bits per heavy atom. The fourth-order valence-corrected chi connectivity index (χ4v) is 1.90. The zero-order valence-corrected chi connectivity index (χ0v) is 11.2. The highest BCUT2D eigenvalue weighted by molar-refractivity contribution is 7.85. The summed E-state index contributed by atoms with van der Waals surface area (Å²) in [5.41, 5.74) is 7.07. The molecule has 0 aliphatic carbocycles. The van der Waals surface area contributed by atoms with Crippen molar-refractivity contribution in [3.05, 3.63) is 29.6 Å². The van der Waals surface area contributed by atoms with Crippen LogP contribution in [-0.4, -0.2) is 36.3 Å². The molecule has 0 bridgehead atoms. The minimum Gasteiger partial charge on any atom is -0.327 e. The molecule has 1 aromatic rings. The SMILES string of the molecule is CC(N)CNCc1cccc(CCS(=O)(=O)O)n1. The molecule has 1 unspecified atom stereocenters. The van der Waals surface area contributed by atoms with Crippen LogP contribution in [0.25, 0.3) is 0 Å². The van der Waals surface area contributed by atoms with E-state index in [1.807, 2.05) is 19.1 Å². The van der Waals surface area contributed by atoms with Crippen molar-refractivity contribution in [3.8, 4) is 0 Å². The molecule has 1 rings (SSSR count). The molecule has 102 valence electrons. The van der Waals surface area contributed by atoms with E-state index in [4.69, 9.17) is 10.3 Å². The van der Waals surface area contributed by atoms with Gasteiger partial charge in [0, 0.05) is 31.2 Å². The van der Waals surface area contributed by atoms with Crippen molar-refractivity contribution in [1.82, 2.24) is 10.3 Å². The third-order valence-corrected chi connectivity index (χ3v) is 2.97. The van der Waals surface area contributed by atoms with Gasteiger partial charge in [-0.25, -0.2) is 0 Å². The largest absolute Gasteiger partial charge is 0.327 e. The van der Waals surface area contributed by atoms with E-state index < -0.39 is 10.1 Å². The first-order valence-electron chi connectivity index (χ1n) is 5.73. The normalized spacial score (nSPS) is 13.5. The molecule has 0 amide bonds. The maximum Gasteiger partial charge on any atom is 0.265 e. The van der Waals surface area contributed by atoms with E-state index in [2.05, 4.69) is 10.3 Å². The molecule has 0 aliphatic heterocycles. The van der Waals surface area contributed by atoms with Crippen LogP contribution in [-0.2, 0) is 23.1 Å². The zero-order valence-electron chi connectivity index (χ0n) is 10.3. The summed E-state index contributed by atoms with van der Waals surface area (Å²) in [6.07, 6.45) is 0.208. The highest BCUT2D eigenvalue weighted by atomic mass is 32.2. The lowest BCUT2D eigenvalue weighted by molar-refractivity contribution is 0.482. The minimum atomic E-state index is -3.94. The standard InChI is InChI=1S/C11H19N3O3S/c1-9(12)7-13-8-11-4-2-3-10(14-11)5-6-18(15,16)17/h2-4,9,13H,5-8,12H2,1H3,(H,15,16,17). The molecule has 18 heavy (non-hydrogen) atoms. The quantitative estimate of drug-likeness (QED) is 0.601. The summed E-state index contributed by atoms with van der Waals surface area (Å²) < 4.78 is 29.9. The predicted molar refractivity (Wildman–Crippen MR) is 69.7 cm³/mol. The van der Waals surface area contributed by atoms with Gasteiger partial charge >= 0.3 is 0 Å². The minimum absolute atomic E-state index is 0.0766. The van der Waals surface area contributed by atoms with Crippen LogP contribution in [0.3, 0.4) is 0 Å². The second kappa shape index (κ2) is 6.79. The summed E-state index contributed by atoms with van der Waals surface area (Å²) in [5, 5.41) is 3.15. The van der Waals surface area contributed by atoms with Gasteiger partial charge in [0.1, 0.15) is 0 Å². The maximum atomic E-state index is 10.6. The zero-order chi connectivity index (χ0) is 13.6. The Balaban J connectivity index is 2.51. The average molecular weight is 273 g/mol. The van der Waals surface area contributed by atoms with Crippen LogP contribution in [0.4, 0.5) is 0 Å². The Labute approximate surface area is 107 Å². The molecule has 1 aromatic heterocycles. The van der Waals surface area contributed by atoms with Crippen LogP contribution in [0.1, 0.15) is 18.3 Å². The molecule has 1 heterocycles. The maximum absolute atomic E-state index is 10.6. The summed E-state index contributed by atoms with van der Waals surface area (Å²) in [5.74, 6) is -0.309. The molecule has 6 nitrogen and oxygen atoms in total.